The predicted molar refractivity (Wildman–Crippen MR) is 110 cm³/mol. The third-order valence-corrected chi connectivity index (χ3v) is 4.58. The topological polar surface area (TPSA) is 67.8 Å². The van der Waals surface area contributed by atoms with E-state index >= 15 is 0 Å². The molecule has 0 amide bonds. The average molecular weight is 468 g/mol. The molecule has 0 spiro atoms. The molecule has 2 rings (SSSR count). The summed E-state index contributed by atoms with van der Waals surface area (Å²) in [7, 11) is 1.79. The number of guanidine groups is 1. The molecule has 1 saturated heterocycles. The minimum absolute atomic E-state index is 0. The maximum Gasteiger partial charge on any atom is 0.190 e. The standard InChI is InChI=1S/C16H28N4O2S.HI/c1-13-11-20-15(23-13)6-8-19-16(17-2)18-7-4-9-21-12-14-5-3-10-22-14;/h11,14H,3-10,12H2,1-2H3,(H2,17,18,19);1H. The summed E-state index contributed by atoms with van der Waals surface area (Å²) in [4.78, 5) is 9.84. The highest BCUT2D eigenvalue weighted by Crippen LogP contribution is 2.12. The fourth-order valence-corrected chi connectivity index (χ4v) is 3.18. The van der Waals surface area contributed by atoms with Gasteiger partial charge in [-0.3, -0.25) is 4.99 Å². The minimum Gasteiger partial charge on any atom is -0.379 e. The van der Waals surface area contributed by atoms with E-state index in [1.807, 2.05) is 6.20 Å². The molecule has 6 nitrogen and oxygen atoms in total. The van der Waals surface area contributed by atoms with Gasteiger partial charge in [-0.1, -0.05) is 0 Å². The molecular weight excluding hydrogens is 439 g/mol. The first-order valence-electron chi connectivity index (χ1n) is 8.33. The Morgan fingerprint density at radius 3 is 2.96 bits per heavy atom. The van der Waals surface area contributed by atoms with Crippen LogP contribution in [0, 0.1) is 6.92 Å². The Kier molecular flexibility index (Phi) is 11.6. The summed E-state index contributed by atoms with van der Waals surface area (Å²) in [5, 5.41) is 7.77. The van der Waals surface area contributed by atoms with Crippen LogP contribution in [0.5, 0.6) is 0 Å². The Balaban J connectivity index is 0.00000288. The molecular formula is C16H29IN4O2S. The van der Waals surface area contributed by atoms with E-state index in [-0.39, 0.29) is 24.0 Å². The first-order chi connectivity index (χ1) is 11.3. The molecule has 1 atom stereocenters. The first-order valence-corrected chi connectivity index (χ1v) is 9.14. The van der Waals surface area contributed by atoms with Gasteiger partial charge in [-0.05, 0) is 26.2 Å². The largest absolute Gasteiger partial charge is 0.379 e. The lowest BCUT2D eigenvalue weighted by molar-refractivity contribution is 0.0168. The van der Waals surface area contributed by atoms with Gasteiger partial charge in [0.25, 0.3) is 0 Å². The maximum absolute atomic E-state index is 5.64. The quantitative estimate of drug-likeness (QED) is 0.252. The van der Waals surface area contributed by atoms with Crippen molar-refractivity contribution in [2.75, 3.05) is 40.0 Å². The van der Waals surface area contributed by atoms with Crippen molar-refractivity contribution in [2.24, 2.45) is 4.99 Å². The Hall–Kier alpha value is -0.450. The lowest BCUT2D eigenvalue weighted by atomic mass is 10.2. The Labute approximate surface area is 165 Å². The maximum atomic E-state index is 5.64. The monoisotopic (exact) mass is 468 g/mol. The number of halogens is 1. The first kappa shape index (κ1) is 21.6. The fourth-order valence-electron chi connectivity index (χ4n) is 2.40. The number of hydrogen-bond acceptors (Lipinski definition) is 5. The average Bonchev–Trinajstić information content (AvgIpc) is 3.20. The summed E-state index contributed by atoms with van der Waals surface area (Å²) < 4.78 is 11.2. The number of nitrogens with zero attached hydrogens (tertiary/aromatic N) is 2. The Bertz CT molecular complexity index is 478. The number of nitrogens with one attached hydrogen (secondary N) is 2. The molecule has 8 heteroatoms. The summed E-state index contributed by atoms with van der Waals surface area (Å²) >= 11 is 1.75. The molecule has 0 bridgehead atoms. The van der Waals surface area contributed by atoms with Gasteiger partial charge in [0.1, 0.15) is 0 Å². The lowest BCUT2D eigenvalue weighted by Crippen LogP contribution is -2.39. The summed E-state index contributed by atoms with van der Waals surface area (Å²) in [6, 6.07) is 0. The molecule has 0 radical (unpaired) electrons. The molecule has 0 aliphatic carbocycles. The van der Waals surface area contributed by atoms with E-state index in [9.17, 15) is 0 Å². The van der Waals surface area contributed by atoms with Gasteiger partial charge in [-0.15, -0.1) is 35.3 Å². The molecule has 2 N–H and O–H groups in total. The molecule has 0 saturated carbocycles. The number of ether oxygens (including phenoxy) is 2. The van der Waals surface area contributed by atoms with Gasteiger partial charge in [0.15, 0.2) is 5.96 Å². The van der Waals surface area contributed by atoms with E-state index < -0.39 is 0 Å². The van der Waals surface area contributed by atoms with Crippen molar-refractivity contribution in [1.29, 1.82) is 0 Å². The van der Waals surface area contributed by atoms with Crippen LogP contribution in [-0.2, 0) is 15.9 Å². The van der Waals surface area contributed by atoms with Crippen LogP contribution in [0.4, 0.5) is 0 Å². The van der Waals surface area contributed by atoms with Gasteiger partial charge in [0.05, 0.1) is 17.7 Å². The molecule has 0 aromatic carbocycles. The second-order valence-corrected chi connectivity index (χ2v) is 6.92. The van der Waals surface area contributed by atoms with Gasteiger partial charge < -0.3 is 20.1 Å². The Morgan fingerprint density at radius 2 is 2.29 bits per heavy atom. The van der Waals surface area contributed by atoms with E-state index in [1.165, 1.54) is 4.88 Å². The van der Waals surface area contributed by atoms with Crippen molar-refractivity contribution in [3.63, 3.8) is 0 Å². The highest BCUT2D eigenvalue weighted by molar-refractivity contribution is 14.0. The molecule has 1 aromatic heterocycles. The van der Waals surface area contributed by atoms with Crippen LogP contribution in [0.25, 0.3) is 0 Å². The van der Waals surface area contributed by atoms with E-state index in [0.717, 1.165) is 69.6 Å². The van der Waals surface area contributed by atoms with Crippen molar-refractivity contribution in [3.05, 3.63) is 16.1 Å². The van der Waals surface area contributed by atoms with Gasteiger partial charge in [-0.25, -0.2) is 4.98 Å². The summed E-state index contributed by atoms with van der Waals surface area (Å²) in [6.07, 6.45) is 6.41. The number of rotatable bonds is 9. The van der Waals surface area contributed by atoms with E-state index in [0.29, 0.717) is 6.10 Å². The Morgan fingerprint density at radius 1 is 1.46 bits per heavy atom. The zero-order valence-corrected chi connectivity index (χ0v) is 17.7. The number of aliphatic imine (C=N–C) groups is 1. The summed E-state index contributed by atoms with van der Waals surface area (Å²) in [5.41, 5.74) is 0. The molecule has 1 aliphatic heterocycles. The minimum atomic E-state index is 0. The lowest BCUT2D eigenvalue weighted by Gasteiger charge is -2.12. The van der Waals surface area contributed by atoms with Crippen LogP contribution in [0.1, 0.15) is 29.1 Å². The smallest absolute Gasteiger partial charge is 0.190 e. The number of hydrogen-bond donors (Lipinski definition) is 2. The number of aromatic nitrogens is 1. The van der Waals surface area contributed by atoms with Crippen LogP contribution in [0.3, 0.4) is 0 Å². The van der Waals surface area contributed by atoms with E-state index in [2.05, 4.69) is 27.5 Å². The van der Waals surface area contributed by atoms with Crippen molar-refractivity contribution < 1.29 is 9.47 Å². The SMILES string of the molecule is CN=C(NCCCOCC1CCCO1)NCCc1ncc(C)s1.I. The van der Waals surface area contributed by atoms with Crippen molar-refractivity contribution in [3.8, 4) is 0 Å². The zero-order valence-electron chi connectivity index (χ0n) is 14.5. The third-order valence-electron chi connectivity index (χ3n) is 3.61. The van der Waals surface area contributed by atoms with Crippen molar-refractivity contribution in [2.45, 2.75) is 38.7 Å². The van der Waals surface area contributed by atoms with Crippen LogP contribution < -0.4 is 10.6 Å². The van der Waals surface area contributed by atoms with Gasteiger partial charge in [0, 0.05) is 50.8 Å². The second kappa shape index (κ2) is 12.8. The van der Waals surface area contributed by atoms with Crippen LogP contribution in [-0.4, -0.2) is 57.0 Å². The number of aryl methyl sites for hydroxylation is 1. The highest BCUT2D eigenvalue weighted by Gasteiger charge is 2.14. The van der Waals surface area contributed by atoms with E-state index in [1.54, 1.807) is 18.4 Å². The molecule has 1 aliphatic rings. The van der Waals surface area contributed by atoms with Gasteiger partial charge >= 0.3 is 0 Å². The fraction of sp³-hybridized carbons (Fsp3) is 0.750. The predicted octanol–water partition coefficient (Wildman–Crippen LogP) is 2.36. The zero-order chi connectivity index (χ0) is 16.3. The summed E-state index contributed by atoms with van der Waals surface area (Å²) in [5.74, 6) is 0.831. The second-order valence-electron chi connectivity index (χ2n) is 5.60. The summed E-state index contributed by atoms with van der Waals surface area (Å²) in [6.45, 7) is 6.13. The molecule has 24 heavy (non-hydrogen) atoms. The van der Waals surface area contributed by atoms with Crippen molar-refractivity contribution >= 4 is 41.3 Å². The number of thiazole rings is 1. The van der Waals surface area contributed by atoms with Gasteiger partial charge in [-0.2, -0.15) is 0 Å². The van der Waals surface area contributed by atoms with Gasteiger partial charge in [0.2, 0.25) is 0 Å². The molecule has 138 valence electrons. The van der Waals surface area contributed by atoms with Crippen LogP contribution in [0.15, 0.2) is 11.2 Å². The molecule has 1 unspecified atom stereocenters. The van der Waals surface area contributed by atoms with E-state index in [4.69, 9.17) is 9.47 Å². The molecule has 1 aromatic rings. The third kappa shape index (κ3) is 8.59. The highest BCUT2D eigenvalue weighted by atomic mass is 127. The molecule has 2 heterocycles. The van der Waals surface area contributed by atoms with Crippen LogP contribution in [0.2, 0.25) is 0 Å². The van der Waals surface area contributed by atoms with Crippen LogP contribution >= 0.6 is 35.3 Å². The molecule has 1 fully saturated rings. The van der Waals surface area contributed by atoms with Crippen molar-refractivity contribution in [1.82, 2.24) is 15.6 Å². The normalized spacial score (nSPS) is 17.6.